The number of rotatable bonds is 3. The van der Waals surface area contributed by atoms with Crippen molar-refractivity contribution in [3.63, 3.8) is 0 Å². The molecule has 2 rings (SSSR count). The van der Waals surface area contributed by atoms with Crippen LogP contribution in [0, 0.1) is 6.92 Å². The fourth-order valence-corrected chi connectivity index (χ4v) is 3.35. The van der Waals surface area contributed by atoms with Crippen molar-refractivity contribution >= 4 is 32.4 Å². The lowest BCUT2D eigenvalue weighted by atomic mass is 10.4. The second-order valence-electron chi connectivity index (χ2n) is 4.14. The molecule has 0 N–H and O–H groups in total. The van der Waals surface area contributed by atoms with E-state index in [9.17, 15) is 0 Å². The second kappa shape index (κ2) is 5.98. The Morgan fingerprint density at radius 1 is 1.38 bits per heavy atom. The molecule has 0 radical (unpaired) electrons. The van der Waals surface area contributed by atoms with Crippen molar-refractivity contribution in [3.8, 4) is 0 Å². The molecule has 0 saturated carbocycles. The van der Waals surface area contributed by atoms with Gasteiger partial charge in [-0.05, 0) is 19.9 Å². The molecule has 0 spiro atoms. The van der Waals surface area contributed by atoms with E-state index in [0.717, 1.165) is 37.2 Å². The lowest BCUT2D eigenvalue weighted by molar-refractivity contribution is 0.313. The smallest absolute Gasteiger partial charge is 0.185 e. The first kappa shape index (κ1) is 12.3. The minimum Gasteiger partial charge on any atom is -0.347 e. The maximum atomic E-state index is 4.56. The largest absolute Gasteiger partial charge is 0.347 e. The van der Waals surface area contributed by atoms with Crippen LogP contribution < -0.4 is 4.90 Å². The van der Waals surface area contributed by atoms with Gasteiger partial charge in [0.25, 0.3) is 0 Å². The fraction of sp³-hybridized carbons (Fsp3) is 0.727. The quantitative estimate of drug-likeness (QED) is 0.799. The zero-order valence-corrected chi connectivity index (χ0v) is 12.1. The first-order valence-electron chi connectivity index (χ1n) is 5.75. The molecule has 16 heavy (non-hydrogen) atoms. The Kier molecular flexibility index (Phi) is 4.61. The average molecular weight is 304 g/mol. The summed E-state index contributed by atoms with van der Waals surface area (Å²) in [5.74, 6) is 0. The van der Waals surface area contributed by atoms with Gasteiger partial charge in [-0.15, -0.1) is 11.3 Å². The third-order valence-electron chi connectivity index (χ3n) is 2.87. The maximum absolute atomic E-state index is 4.56. The standard InChI is InChI=1S/C11H18BrN3S/c1-10-9-16-11(13-10)15-5-2-4-14(6-3-12)7-8-15/h9H,2-8H2,1H3. The topological polar surface area (TPSA) is 19.4 Å². The Morgan fingerprint density at radius 2 is 2.25 bits per heavy atom. The highest BCUT2D eigenvalue weighted by molar-refractivity contribution is 9.09. The van der Waals surface area contributed by atoms with Crippen LogP contribution in [0.4, 0.5) is 5.13 Å². The second-order valence-corrected chi connectivity index (χ2v) is 5.77. The Balaban J connectivity index is 1.93. The minimum absolute atomic E-state index is 1.07. The molecule has 2 heterocycles. The summed E-state index contributed by atoms with van der Waals surface area (Å²) in [6.45, 7) is 7.85. The third kappa shape index (κ3) is 3.18. The Morgan fingerprint density at radius 3 is 2.94 bits per heavy atom. The van der Waals surface area contributed by atoms with Crippen molar-refractivity contribution in [2.24, 2.45) is 0 Å². The zero-order chi connectivity index (χ0) is 11.4. The monoisotopic (exact) mass is 303 g/mol. The van der Waals surface area contributed by atoms with Gasteiger partial charge in [-0.3, -0.25) is 0 Å². The number of aromatic nitrogens is 1. The molecular weight excluding hydrogens is 286 g/mol. The van der Waals surface area contributed by atoms with Crippen LogP contribution in [0.3, 0.4) is 0 Å². The normalized spacial score (nSPS) is 18.8. The number of thiazole rings is 1. The molecule has 0 amide bonds. The molecular formula is C11H18BrN3S. The van der Waals surface area contributed by atoms with Crippen LogP contribution in [-0.2, 0) is 0 Å². The molecule has 0 bridgehead atoms. The molecule has 1 aliphatic heterocycles. The van der Waals surface area contributed by atoms with E-state index in [1.807, 2.05) is 0 Å². The predicted molar refractivity (Wildman–Crippen MR) is 73.9 cm³/mol. The number of nitrogens with zero attached hydrogens (tertiary/aromatic N) is 3. The van der Waals surface area contributed by atoms with Crippen LogP contribution in [0.2, 0.25) is 0 Å². The molecule has 1 aliphatic rings. The van der Waals surface area contributed by atoms with Crippen LogP contribution >= 0.6 is 27.3 Å². The fourth-order valence-electron chi connectivity index (χ4n) is 1.99. The highest BCUT2D eigenvalue weighted by Gasteiger charge is 2.16. The molecule has 1 saturated heterocycles. The van der Waals surface area contributed by atoms with E-state index in [1.165, 1.54) is 18.1 Å². The van der Waals surface area contributed by atoms with Crippen LogP contribution in [0.25, 0.3) is 0 Å². The van der Waals surface area contributed by atoms with E-state index in [4.69, 9.17) is 0 Å². The molecule has 0 aliphatic carbocycles. The van der Waals surface area contributed by atoms with Crippen LogP contribution in [0.5, 0.6) is 0 Å². The van der Waals surface area contributed by atoms with Crippen molar-refractivity contribution in [2.45, 2.75) is 13.3 Å². The van der Waals surface area contributed by atoms with Crippen LogP contribution in [0.15, 0.2) is 5.38 Å². The predicted octanol–water partition coefficient (Wildman–Crippen LogP) is 2.36. The zero-order valence-electron chi connectivity index (χ0n) is 9.65. The third-order valence-corrected chi connectivity index (χ3v) is 4.24. The number of hydrogen-bond acceptors (Lipinski definition) is 4. The lowest BCUT2D eigenvalue weighted by Gasteiger charge is -2.20. The van der Waals surface area contributed by atoms with Crippen molar-refractivity contribution in [3.05, 3.63) is 11.1 Å². The van der Waals surface area contributed by atoms with Crippen molar-refractivity contribution in [1.29, 1.82) is 0 Å². The van der Waals surface area contributed by atoms with Crippen LogP contribution in [0.1, 0.15) is 12.1 Å². The van der Waals surface area contributed by atoms with E-state index < -0.39 is 0 Å². The molecule has 1 aromatic rings. The molecule has 0 aromatic carbocycles. The molecule has 3 nitrogen and oxygen atoms in total. The minimum atomic E-state index is 1.07. The van der Waals surface area contributed by atoms with Crippen LogP contribution in [-0.4, -0.2) is 47.9 Å². The molecule has 5 heteroatoms. The lowest BCUT2D eigenvalue weighted by Crippen LogP contribution is -2.31. The summed E-state index contributed by atoms with van der Waals surface area (Å²) in [5.41, 5.74) is 1.14. The summed E-state index contributed by atoms with van der Waals surface area (Å²) in [4.78, 5) is 9.51. The number of anilines is 1. The average Bonchev–Trinajstić information content (AvgIpc) is 2.57. The Hall–Kier alpha value is -0.130. The summed E-state index contributed by atoms with van der Waals surface area (Å²) < 4.78 is 0. The van der Waals surface area contributed by atoms with Gasteiger partial charge < -0.3 is 9.80 Å². The first-order chi connectivity index (χ1) is 7.79. The number of halogens is 1. The highest BCUT2D eigenvalue weighted by Crippen LogP contribution is 2.21. The Labute approximate surface area is 110 Å². The van der Waals surface area contributed by atoms with E-state index in [-0.39, 0.29) is 0 Å². The summed E-state index contributed by atoms with van der Waals surface area (Å²) in [6, 6.07) is 0. The van der Waals surface area contributed by atoms with Gasteiger partial charge in [0.05, 0.1) is 5.69 Å². The molecule has 0 unspecified atom stereocenters. The first-order valence-corrected chi connectivity index (χ1v) is 7.75. The van der Waals surface area contributed by atoms with Gasteiger partial charge in [-0.2, -0.15) is 0 Å². The number of aryl methyl sites for hydroxylation is 1. The van der Waals surface area contributed by atoms with Gasteiger partial charge in [0.15, 0.2) is 5.13 Å². The van der Waals surface area contributed by atoms with Crippen molar-refractivity contribution < 1.29 is 0 Å². The van der Waals surface area contributed by atoms with Gasteiger partial charge >= 0.3 is 0 Å². The molecule has 1 aromatic heterocycles. The summed E-state index contributed by atoms with van der Waals surface area (Å²) in [6.07, 6.45) is 1.24. The van der Waals surface area contributed by atoms with E-state index in [0.29, 0.717) is 0 Å². The molecule has 0 atom stereocenters. The number of hydrogen-bond donors (Lipinski definition) is 0. The summed E-state index contributed by atoms with van der Waals surface area (Å²) in [7, 11) is 0. The summed E-state index contributed by atoms with van der Waals surface area (Å²) in [5, 5.41) is 4.40. The van der Waals surface area contributed by atoms with E-state index in [2.05, 4.69) is 43.0 Å². The highest BCUT2D eigenvalue weighted by atomic mass is 79.9. The van der Waals surface area contributed by atoms with Gasteiger partial charge in [0, 0.05) is 36.9 Å². The van der Waals surface area contributed by atoms with Gasteiger partial charge in [0.2, 0.25) is 0 Å². The van der Waals surface area contributed by atoms with E-state index >= 15 is 0 Å². The maximum Gasteiger partial charge on any atom is 0.185 e. The molecule has 90 valence electrons. The van der Waals surface area contributed by atoms with Gasteiger partial charge in [0.1, 0.15) is 0 Å². The number of alkyl halides is 1. The van der Waals surface area contributed by atoms with Crippen molar-refractivity contribution in [2.75, 3.05) is 43.0 Å². The summed E-state index contributed by atoms with van der Waals surface area (Å²) >= 11 is 5.28. The molecule has 1 fully saturated rings. The van der Waals surface area contributed by atoms with E-state index in [1.54, 1.807) is 11.3 Å². The van der Waals surface area contributed by atoms with Gasteiger partial charge in [-0.25, -0.2) is 4.98 Å². The van der Waals surface area contributed by atoms with Gasteiger partial charge in [-0.1, -0.05) is 15.9 Å². The Bertz CT molecular complexity index is 329. The van der Waals surface area contributed by atoms with Crippen molar-refractivity contribution in [1.82, 2.24) is 9.88 Å². The SMILES string of the molecule is Cc1csc(N2CCCN(CCBr)CC2)n1.